The van der Waals surface area contributed by atoms with Gasteiger partial charge in [0.05, 0.1) is 0 Å². The highest BCUT2D eigenvalue weighted by atomic mass is 79.9. The lowest BCUT2D eigenvalue weighted by Gasteiger charge is -2.31. The second-order valence-corrected chi connectivity index (χ2v) is 7.40. The number of aryl methyl sites for hydroxylation is 1. The lowest BCUT2D eigenvalue weighted by Crippen LogP contribution is -2.33. The Morgan fingerprint density at radius 1 is 1.25 bits per heavy atom. The Bertz CT molecular complexity index is 739. The first kappa shape index (κ1) is 17.0. The Morgan fingerprint density at radius 2 is 2.00 bits per heavy atom. The maximum Gasteiger partial charge on any atom is 0.255 e. The van der Waals surface area contributed by atoms with E-state index in [1.165, 1.54) is 12.8 Å². The summed E-state index contributed by atoms with van der Waals surface area (Å²) in [6, 6.07) is 9.47. The van der Waals surface area contributed by atoms with Crippen LogP contribution in [0.5, 0.6) is 0 Å². The first-order valence-corrected chi connectivity index (χ1v) is 9.11. The zero-order chi connectivity index (χ0) is 17.1. The van der Waals surface area contributed by atoms with Crippen molar-refractivity contribution in [3.63, 3.8) is 0 Å². The Hall–Kier alpha value is -1.88. The van der Waals surface area contributed by atoms with Crippen molar-refractivity contribution in [3.8, 4) is 0 Å². The number of benzene rings is 1. The monoisotopic (exact) mass is 387 g/mol. The summed E-state index contributed by atoms with van der Waals surface area (Å²) in [6.07, 6.45) is 4.07. The van der Waals surface area contributed by atoms with E-state index in [9.17, 15) is 4.79 Å². The quantitative estimate of drug-likeness (QED) is 0.833. The van der Waals surface area contributed by atoms with Gasteiger partial charge in [0.25, 0.3) is 5.91 Å². The molecule has 1 fully saturated rings. The van der Waals surface area contributed by atoms with Crippen molar-refractivity contribution >= 4 is 33.3 Å². The minimum Gasteiger partial charge on any atom is -0.357 e. The molecule has 0 unspecified atom stereocenters. The molecule has 0 aliphatic carbocycles. The van der Waals surface area contributed by atoms with Gasteiger partial charge in [-0.05, 0) is 61.6 Å². The number of aromatic nitrogens is 1. The van der Waals surface area contributed by atoms with Crippen molar-refractivity contribution in [2.24, 2.45) is 5.92 Å². The fourth-order valence-electron chi connectivity index (χ4n) is 2.93. The number of nitrogens with zero attached hydrogens (tertiary/aromatic N) is 2. The molecule has 5 heteroatoms. The first-order chi connectivity index (χ1) is 11.5. The zero-order valence-corrected chi connectivity index (χ0v) is 15.6. The van der Waals surface area contributed by atoms with Crippen molar-refractivity contribution in [1.82, 2.24) is 4.98 Å². The molecular weight excluding hydrogens is 366 g/mol. The van der Waals surface area contributed by atoms with Crippen LogP contribution in [0.15, 0.2) is 41.0 Å². The third-order valence-corrected chi connectivity index (χ3v) is 5.05. The molecule has 1 amide bonds. The summed E-state index contributed by atoms with van der Waals surface area (Å²) in [5, 5.41) is 2.98. The Labute approximate surface area is 151 Å². The number of hydrogen-bond donors (Lipinski definition) is 1. The fraction of sp³-hybridized carbons (Fsp3) is 0.368. The SMILES string of the molecule is Cc1cc(Br)ccc1NC(=O)c1ccnc(N2CCC(C)CC2)c1. The van der Waals surface area contributed by atoms with Crippen LogP contribution in [0, 0.1) is 12.8 Å². The summed E-state index contributed by atoms with van der Waals surface area (Å²) in [6.45, 7) is 6.28. The summed E-state index contributed by atoms with van der Waals surface area (Å²) in [7, 11) is 0. The second kappa shape index (κ2) is 7.34. The predicted octanol–water partition coefficient (Wildman–Crippen LogP) is 4.64. The van der Waals surface area contributed by atoms with E-state index in [4.69, 9.17) is 0 Å². The average Bonchev–Trinajstić information content (AvgIpc) is 2.58. The molecule has 1 aromatic heterocycles. The largest absolute Gasteiger partial charge is 0.357 e. The van der Waals surface area contributed by atoms with Gasteiger partial charge in [0.15, 0.2) is 0 Å². The molecule has 0 radical (unpaired) electrons. The standard InChI is InChI=1S/C19H22BrN3O/c1-13-6-9-23(10-7-13)18-12-15(5-8-21-18)19(24)22-17-4-3-16(20)11-14(17)2/h3-5,8,11-13H,6-7,9-10H2,1-2H3,(H,22,24). The number of nitrogens with one attached hydrogen (secondary N) is 1. The first-order valence-electron chi connectivity index (χ1n) is 8.31. The van der Waals surface area contributed by atoms with E-state index in [0.717, 1.165) is 40.5 Å². The molecule has 0 atom stereocenters. The van der Waals surface area contributed by atoms with Gasteiger partial charge in [-0.15, -0.1) is 0 Å². The average molecular weight is 388 g/mol. The highest BCUT2D eigenvalue weighted by Gasteiger charge is 2.18. The molecule has 1 aliphatic rings. The minimum absolute atomic E-state index is 0.102. The smallest absolute Gasteiger partial charge is 0.255 e. The molecule has 1 N–H and O–H groups in total. The predicted molar refractivity (Wildman–Crippen MR) is 102 cm³/mol. The molecule has 1 aromatic carbocycles. The van der Waals surface area contributed by atoms with Crippen LogP contribution in [0.3, 0.4) is 0 Å². The molecular formula is C19H22BrN3O. The Kier molecular flexibility index (Phi) is 5.19. The van der Waals surface area contributed by atoms with Gasteiger partial charge in [-0.25, -0.2) is 4.98 Å². The van der Waals surface area contributed by atoms with Crippen molar-refractivity contribution in [2.75, 3.05) is 23.3 Å². The van der Waals surface area contributed by atoms with Gasteiger partial charge in [-0.1, -0.05) is 22.9 Å². The van der Waals surface area contributed by atoms with E-state index in [1.807, 2.05) is 31.2 Å². The third-order valence-electron chi connectivity index (χ3n) is 4.55. The van der Waals surface area contributed by atoms with Crippen molar-refractivity contribution in [3.05, 3.63) is 52.1 Å². The zero-order valence-electron chi connectivity index (χ0n) is 14.1. The van der Waals surface area contributed by atoms with Gasteiger partial charge in [0.2, 0.25) is 0 Å². The number of rotatable bonds is 3. The molecule has 1 aliphatic heterocycles. The molecule has 1 saturated heterocycles. The number of hydrogen-bond acceptors (Lipinski definition) is 3. The van der Waals surface area contributed by atoms with Crippen molar-refractivity contribution < 1.29 is 4.79 Å². The molecule has 2 aromatic rings. The Morgan fingerprint density at radius 3 is 2.71 bits per heavy atom. The van der Waals surface area contributed by atoms with Gasteiger partial charge in [0.1, 0.15) is 5.82 Å². The number of amides is 1. The number of anilines is 2. The highest BCUT2D eigenvalue weighted by Crippen LogP contribution is 2.23. The maximum atomic E-state index is 12.6. The molecule has 4 nitrogen and oxygen atoms in total. The van der Waals surface area contributed by atoms with E-state index < -0.39 is 0 Å². The molecule has 0 spiro atoms. The van der Waals surface area contributed by atoms with Crippen LogP contribution in [0.4, 0.5) is 11.5 Å². The van der Waals surface area contributed by atoms with Crippen LogP contribution < -0.4 is 10.2 Å². The van der Waals surface area contributed by atoms with E-state index >= 15 is 0 Å². The number of carbonyl (C=O) groups excluding carboxylic acids is 1. The summed E-state index contributed by atoms with van der Waals surface area (Å²) in [5.41, 5.74) is 2.49. The number of carbonyl (C=O) groups is 1. The van der Waals surface area contributed by atoms with Gasteiger partial charge in [0, 0.05) is 35.0 Å². The van der Waals surface area contributed by atoms with Crippen LogP contribution >= 0.6 is 15.9 Å². The summed E-state index contributed by atoms with van der Waals surface area (Å²) in [4.78, 5) is 19.3. The van der Waals surface area contributed by atoms with E-state index in [1.54, 1.807) is 12.3 Å². The molecule has 3 rings (SSSR count). The van der Waals surface area contributed by atoms with Gasteiger partial charge < -0.3 is 10.2 Å². The molecule has 2 heterocycles. The van der Waals surface area contributed by atoms with Crippen LogP contribution in [0.25, 0.3) is 0 Å². The van der Waals surface area contributed by atoms with E-state index in [0.29, 0.717) is 5.56 Å². The number of halogens is 1. The number of piperidine rings is 1. The van der Waals surface area contributed by atoms with Gasteiger partial charge >= 0.3 is 0 Å². The van der Waals surface area contributed by atoms with Crippen LogP contribution in [0.1, 0.15) is 35.7 Å². The molecule has 0 bridgehead atoms. The number of pyridine rings is 1. The van der Waals surface area contributed by atoms with Crippen LogP contribution in [-0.2, 0) is 0 Å². The van der Waals surface area contributed by atoms with Gasteiger partial charge in [-0.3, -0.25) is 4.79 Å². The topological polar surface area (TPSA) is 45.2 Å². The molecule has 0 saturated carbocycles. The minimum atomic E-state index is -0.102. The lowest BCUT2D eigenvalue weighted by atomic mass is 9.99. The second-order valence-electron chi connectivity index (χ2n) is 6.49. The Balaban J connectivity index is 1.74. The van der Waals surface area contributed by atoms with Crippen LogP contribution in [-0.4, -0.2) is 24.0 Å². The molecule has 24 heavy (non-hydrogen) atoms. The summed E-state index contributed by atoms with van der Waals surface area (Å²) >= 11 is 3.44. The highest BCUT2D eigenvalue weighted by molar-refractivity contribution is 9.10. The van der Waals surface area contributed by atoms with Crippen LogP contribution in [0.2, 0.25) is 0 Å². The van der Waals surface area contributed by atoms with E-state index in [-0.39, 0.29) is 5.91 Å². The maximum absolute atomic E-state index is 12.6. The third kappa shape index (κ3) is 3.96. The molecule has 126 valence electrons. The normalized spacial score (nSPS) is 15.4. The summed E-state index contributed by atoms with van der Waals surface area (Å²) in [5.74, 6) is 1.56. The summed E-state index contributed by atoms with van der Waals surface area (Å²) < 4.78 is 1.00. The fourth-order valence-corrected chi connectivity index (χ4v) is 3.41. The van der Waals surface area contributed by atoms with Gasteiger partial charge in [-0.2, -0.15) is 0 Å². The van der Waals surface area contributed by atoms with E-state index in [2.05, 4.69) is 38.1 Å². The van der Waals surface area contributed by atoms with Crippen molar-refractivity contribution in [1.29, 1.82) is 0 Å². The lowest BCUT2D eigenvalue weighted by molar-refractivity contribution is 0.102. The van der Waals surface area contributed by atoms with Crippen molar-refractivity contribution in [2.45, 2.75) is 26.7 Å².